The minimum Gasteiger partial charge on any atom is -0.423 e. The summed E-state index contributed by atoms with van der Waals surface area (Å²) in [6.45, 7) is 0. The van der Waals surface area contributed by atoms with E-state index < -0.39 is 7.12 Å². The molecule has 2 N–H and O–H groups in total. The fourth-order valence-corrected chi connectivity index (χ4v) is 2.59. The van der Waals surface area contributed by atoms with Gasteiger partial charge < -0.3 is 10.0 Å². The van der Waals surface area contributed by atoms with E-state index in [4.69, 9.17) is 10.0 Å². The molecule has 1 aromatic carbocycles. The molecule has 2 aromatic rings. The molecule has 0 saturated carbocycles. The highest BCUT2D eigenvalue weighted by atomic mass is 79.9. The van der Waals surface area contributed by atoms with Crippen molar-refractivity contribution in [2.24, 2.45) is 0 Å². The van der Waals surface area contributed by atoms with Gasteiger partial charge in [-0.1, -0.05) is 22.0 Å². The Morgan fingerprint density at radius 2 is 2.07 bits per heavy atom. The monoisotopic (exact) mass is 270 g/mol. The van der Waals surface area contributed by atoms with Crippen molar-refractivity contribution in [3.63, 3.8) is 0 Å². The molecular weight excluding hydrogens is 263 g/mol. The van der Waals surface area contributed by atoms with E-state index in [1.165, 1.54) is 16.9 Å². The maximum Gasteiger partial charge on any atom is 0.499 e. The first-order valence-electron chi connectivity index (χ1n) is 4.15. The van der Waals surface area contributed by atoms with E-state index >= 15 is 0 Å². The van der Waals surface area contributed by atoms with Crippen molar-refractivity contribution in [2.45, 2.75) is 5.33 Å². The highest BCUT2D eigenvalue weighted by Crippen LogP contribution is 2.21. The van der Waals surface area contributed by atoms with Crippen LogP contribution in [0.15, 0.2) is 24.3 Å². The number of rotatable bonds is 2. The van der Waals surface area contributed by atoms with Gasteiger partial charge in [0.25, 0.3) is 0 Å². The Labute approximate surface area is 94.5 Å². The molecule has 0 aliphatic rings. The zero-order chi connectivity index (χ0) is 10.1. The van der Waals surface area contributed by atoms with Gasteiger partial charge in [-0.3, -0.25) is 0 Å². The van der Waals surface area contributed by atoms with Crippen LogP contribution in [-0.4, -0.2) is 17.2 Å². The molecule has 0 aliphatic heterocycles. The standard InChI is InChI=1S/C9H8BBrO2S/c11-5-6-1-2-8-7(3-6)4-9(14-8)10(12)13/h1-4,12-13H,5H2. The van der Waals surface area contributed by atoms with Crippen molar-refractivity contribution in [1.29, 1.82) is 0 Å². The van der Waals surface area contributed by atoms with E-state index in [0.717, 1.165) is 15.4 Å². The Balaban J connectivity index is 2.54. The van der Waals surface area contributed by atoms with Crippen LogP contribution < -0.4 is 4.78 Å². The first-order valence-corrected chi connectivity index (χ1v) is 6.09. The topological polar surface area (TPSA) is 40.5 Å². The van der Waals surface area contributed by atoms with Crippen LogP contribution in [0.25, 0.3) is 10.1 Å². The molecule has 2 nitrogen and oxygen atoms in total. The average molecular weight is 271 g/mol. The SMILES string of the molecule is OB(O)c1cc2cc(CBr)ccc2s1. The maximum absolute atomic E-state index is 9.01. The minimum absolute atomic E-state index is 0.590. The number of alkyl halides is 1. The third kappa shape index (κ3) is 1.86. The van der Waals surface area contributed by atoms with Crippen LogP contribution in [0.2, 0.25) is 0 Å². The molecule has 1 heterocycles. The van der Waals surface area contributed by atoms with Gasteiger partial charge >= 0.3 is 7.12 Å². The zero-order valence-electron chi connectivity index (χ0n) is 7.27. The summed E-state index contributed by atoms with van der Waals surface area (Å²) in [5, 5.41) is 19.9. The molecule has 0 radical (unpaired) electrons. The van der Waals surface area contributed by atoms with E-state index in [1.807, 2.05) is 24.3 Å². The van der Waals surface area contributed by atoms with Gasteiger partial charge in [-0.15, -0.1) is 11.3 Å². The predicted molar refractivity (Wildman–Crippen MR) is 64.3 cm³/mol. The molecule has 72 valence electrons. The Kier molecular flexibility index (Phi) is 2.92. The van der Waals surface area contributed by atoms with E-state index in [-0.39, 0.29) is 0 Å². The van der Waals surface area contributed by atoms with Crippen LogP contribution >= 0.6 is 27.3 Å². The molecule has 0 unspecified atom stereocenters. The van der Waals surface area contributed by atoms with Crippen molar-refractivity contribution < 1.29 is 10.0 Å². The third-order valence-corrected chi connectivity index (χ3v) is 3.81. The quantitative estimate of drug-likeness (QED) is 0.641. The van der Waals surface area contributed by atoms with Gasteiger partial charge in [0.15, 0.2) is 0 Å². The Morgan fingerprint density at radius 1 is 1.29 bits per heavy atom. The molecule has 0 saturated heterocycles. The first kappa shape index (κ1) is 10.2. The maximum atomic E-state index is 9.01. The second-order valence-electron chi connectivity index (χ2n) is 3.03. The molecule has 0 atom stereocenters. The lowest BCUT2D eigenvalue weighted by Crippen LogP contribution is -2.26. The number of benzene rings is 1. The molecule has 14 heavy (non-hydrogen) atoms. The summed E-state index contributed by atoms with van der Waals surface area (Å²) in [6, 6.07) is 7.90. The number of fused-ring (bicyclic) bond motifs is 1. The van der Waals surface area contributed by atoms with Crippen LogP contribution in [0.3, 0.4) is 0 Å². The summed E-state index contributed by atoms with van der Waals surface area (Å²) in [5.41, 5.74) is 1.19. The second-order valence-corrected chi connectivity index (χ2v) is 4.70. The predicted octanol–water partition coefficient (Wildman–Crippen LogP) is 1.48. The third-order valence-electron chi connectivity index (χ3n) is 2.01. The summed E-state index contributed by atoms with van der Waals surface area (Å²) in [4.78, 5) is 0. The summed E-state index contributed by atoms with van der Waals surface area (Å²) >= 11 is 4.79. The van der Waals surface area contributed by atoms with E-state index in [0.29, 0.717) is 4.78 Å². The lowest BCUT2D eigenvalue weighted by atomic mass is 9.89. The van der Waals surface area contributed by atoms with Gasteiger partial charge in [0.05, 0.1) is 0 Å². The zero-order valence-corrected chi connectivity index (χ0v) is 9.68. The van der Waals surface area contributed by atoms with Gasteiger partial charge in [-0.2, -0.15) is 0 Å². The number of halogens is 1. The molecule has 0 spiro atoms. The van der Waals surface area contributed by atoms with Crippen LogP contribution in [-0.2, 0) is 5.33 Å². The van der Waals surface area contributed by atoms with E-state index in [9.17, 15) is 0 Å². The fraction of sp³-hybridized carbons (Fsp3) is 0.111. The molecular formula is C9H8BBrO2S. The minimum atomic E-state index is -1.36. The lowest BCUT2D eigenvalue weighted by molar-refractivity contribution is 0.427. The molecule has 0 bridgehead atoms. The lowest BCUT2D eigenvalue weighted by Gasteiger charge is -1.93. The van der Waals surface area contributed by atoms with Crippen molar-refractivity contribution in [3.05, 3.63) is 29.8 Å². The van der Waals surface area contributed by atoms with Gasteiger partial charge in [-0.25, -0.2) is 0 Å². The summed E-state index contributed by atoms with van der Waals surface area (Å²) in [5.74, 6) is 0. The second kappa shape index (κ2) is 4.02. The number of thiophene rings is 1. The van der Waals surface area contributed by atoms with Crippen molar-refractivity contribution in [3.8, 4) is 0 Å². The van der Waals surface area contributed by atoms with Crippen LogP contribution in [0.4, 0.5) is 0 Å². The molecule has 5 heteroatoms. The van der Waals surface area contributed by atoms with Crippen molar-refractivity contribution in [2.75, 3.05) is 0 Å². The molecule has 2 rings (SSSR count). The van der Waals surface area contributed by atoms with E-state index in [1.54, 1.807) is 0 Å². The molecule has 1 aromatic heterocycles. The molecule has 0 amide bonds. The van der Waals surface area contributed by atoms with Crippen molar-refractivity contribution in [1.82, 2.24) is 0 Å². The Bertz CT molecular complexity index is 455. The summed E-state index contributed by atoms with van der Waals surface area (Å²) in [6.07, 6.45) is 0. The summed E-state index contributed by atoms with van der Waals surface area (Å²) in [7, 11) is -1.36. The van der Waals surface area contributed by atoms with Crippen LogP contribution in [0.1, 0.15) is 5.56 Å². The number of hydrogen-bond acceptors (Lipinski definition) is 3. The normalized spacial score (nSPS) is 10.8. The Morgan fingerprint density at radius 3 is 2.71 bits per heavy atom. The average Bonchev–Trinajstić information content (AvgIpc) is 2.59. The van der Waals surface area contributed by atoms with Gasteiger partial charge in [0.1, 0.15) is 0 Å². The molecule has 0 fully saturated rings. The molecule has 0 aliphatic carbocycles. The first-order chi connectivity index (χ1) is 6.70. The van der Waals surface area contributed by atoms with Gasteiger partial charge in [-0.05, 0) is 29.1 Å². The number of hydrogen-bond donors (Lipinski definition) is 2. The van der Waals surface area contributed by atoms with Crippen molar-refractivity contribution >= 4 is 49.2 Å². The van der Waals surface area contributed by atoms with Gasteiger partial charge in [0, 0.05) is 14.8 Å². The van der Waals surface area contributed by atoms with E-state index in [2.05, 4.69) is 15.9 Å². The highest BCUT2D eigenvalue weighted by Gasteiger charge is 2.14. The van der Waals surface area contributed by atoms with Crippen LogP contribution in [0, 0.1) is 0 Å². The van der Waals surface area contributed by atoms with Gasteiger partial charge in [0.2, 0.25) is 0 Å². The smallest absolute Gasteiger partial charge is 0.423 e. The fourth-order valence-electron chi connectivity index (χ4n) is 1.32. The highest BCUT2D eigenvalue weighted by molar-refractivity contribution is 9.08. The Hall–Kier alpha value is -0.355. The van der Waals surface area contributed by atoms with Crippen LogP contribution in [0.5, 0.6) is 0 Å². The largest absolute Gasteiger partial charge is 0.499 e. The summed E-state index contributed by atoms with van der Waals surface area (Å²) < 4.78 is 1.67.